The van der Waals surface area contributed by atoms with E-state index < -0.39 is 4.92 Å². The maximum atomic E-state index is 10.8. The first-order valence-electron chi connectivity index (χ1n) is 7.58. The number of benzene rings is 1. The van der Waals surface area contributed by atoms with Crippen molar-refractivity contribution < 1.29 is 4.92 Å². The molecule has 2 fully saturated rings. The second-order valence-electron chi connectivity index (χ2n) is 5.88. The van der Waals surface area contributed by atoms with Crippen molar-refractivity contribution in [2.24, 2.45) is 0 Å². The molecule has 0 saturated carbocycles. The van der Waals surface area contributed by atoms with Gasteiger partial charge >= 0.3 is 0 Å². The fourth-order valence-corrected chi connectivity index (χ4v) is 3.74. The second kappa shape index (κ2) is 6.20. The van der Waals surface area contributed by atoms with Crippen LogP contribution in [0.15, 0.2) is 18.2 Å². The molecule has 0 radical (unpaired) electrons. The molecule has 2 heterocycles. The van der Waals surface area contributed by atoms with Crippen molar-refractivity contribution in [1.82, 2.24) is 4.90 Å². The molecule has 0 unspecified atom stereocenters. The maximum Gasteiger partial charge on any atom is 0.271 e. The van der Waals surface area contributed by atoms with E-state index in [9.17, 15) is 10.1 Å². The Morgan fingerprint density at radius 2 is 1.95 bits per heavy atom. The summed E-state index contributed by atoms with van der Waals surface area (Å²) in [5.41, 5.74) is 0.975. The number of non-ortho nitro benzene ring substituents is 1. The molecule has 1 aromatic rings. The van der Waals surface area contributed by atoms with Gasteiger partial charge in [0.2, 0.25) is 0 Å². The van der Waals surface area contributed by atoms with E-state index in [4.69, 9.17) is 11.6 Å². The molecule has 1 atom stereocenters. The minimum atomic E-state index is -0.404. The van der Waals surface area contributed by atoms with Crippen molar-refractivity contribution in [3.05, 3.63) is 33.3 Å². The summed E-state index contributed by atoms with van der Waals surface area (Å²) < 4.78 is 0. The molecule has 0 N–H and O–H groups in total. The number of likely N-dealkylation sites (tertiary alicyclic amines) is 1. The van der Waals surface area contributed by atoms with Gasteiger partial charge in [-0.25, -0.2) is 0 Å². The van der Waals surface area contributed by atoms with Crippen LogP contribution < -0.4 is 4.90 Å². The molecule has 0 spiro atoms. The summed E-state index contributed by atoms with van der Waals surface area (Å²) in [6.45, 7) is 4.35. The van der Waals surface area contributed by atoms with Gasteiger partial charge in [-0.3, -0.25) is 15.0 Å². The largest absolute Gasteiger partial charge is 0.369 e. The minimum Gasteiger partial charge on any atom is -0.369 e. The van der Waals surface area contributed by atoms with Crippen LogP contribution in [-0.2, 0) is 0 Å². The molecule has 0 amide bonds. The van der Waals surface area contributed by atoms with Gasteiger partial charge in [0.05, 0.1) is 15.6 Å². The lowest BCUT2D eigenvalue weighted by Crippen LogP contribution is -2.47. The van der Waals surface area contributed by atoms with Crippen molar-refractivity contribution in [2.75, 3.05) is 31.1 Å². The van der Waals surface area contributed by atoms with Gasteiger partial charge < -0.3 is 4.90 Å². The molecular weight excluding hydrogens is 290 g/mol. The smallest absolute Gasteiger partial charge is 0.271 e. The Bertz CT molecular complexity index is 532. The molecule has 0 bridgehead atoms. The van der Waals surface area contributed by atoms with Crippen LogP contribution in [0.4, 0.5) is 11.4 Å². The monoisotopic (exact) mass is 309 g/mol. The third-order valence-corrected chi connectivity index (χ3v) is 4.84. The predicted octanol–water partition coefficient (Wildman–Crippen LogP) is 3.31. The first-order chi connectivity index (χ1) is 10.1. The van der Waals surface area contributed by atoms with Gasteiger partial charge in [0.15, 0.2) is 0 Å². The quantitative estimate of drug-likeness (QED) is 0.635. The van der Waals surface area contributed by atoms with Crippen molar-refractivity contribution in [1.29, 1.82) is 0 Å². The number of hydrogen-bond acceptors (Lipinski definition) is 4. The number of nitro groups is 1. The van der Waals surface area contributed by atoms with Gasteiger partial charge in [0.1, 0.15) is 0 Å². The van der Waals surface area contributed by atoms with Crippen LogP contribution in [-0.4, -0.2) is 42.0 Å². The SMILES string of the molecule is O=[N+]([O-])c1ccc(N2CCC[C@H](N3CCCC3)C2)c(Cl)c1. The fraction of sp³-hybridized carbons (Fsp3) is 0.600. The summed E-state index contributed by atoms with van der Waals surface area (Å²) in [5.74, 6) is 0. The summed E-state index contributed by atoms with van der Waals surface area (Å²) in [6, 6.07) is 5.37. The zero-order chi connectivity index (χ0) is 14.8. The van der Waals surface area contributed by atoms with Crippen molar-refractivity contribution >= 4 is 23.0 Å². The highest BCUT2D eigenvalue weighted by Crippen LogP contribution is 2.32. The van der Waals surface area contributed by atoms with E-state index in [1.54, 1.807) is 12.1 Å². The van der Waals surface area contributed by atoms with Crippen LogP contribution in [0, 0.1) is 10.1 Å². The highest BCUT2D eigenvalue weighted by molar-refractivity contribution is 6.33. The number of nitro benzene ring substituents is 1. The third-order valence-electron chi connectivity index (χ3n) is 4.54. The van der Waals surface area contributed by atoms with Gasteiger partial charge in [0, 0.05) is 31.3 Å². The highest BCUT2D eigenvalue weighted by atomic mass is 35.5. The second-order valence-corrected chi connectivity index (χ2v) is 6.29. The molecule has 2 saturated heterocycles. The van der Waals surface area contributed by atoms with Gasteiger partial charge in [-0.1, -0.05) is 11.6 Å². The highest BCUT2D eigenvalue weighted by Gasteiger charge is 2.28. The first-order valence-corrected chi connectivity index (χ1v) is 7.96. The molecule has 0 aromatic heterocycles. The third kappa shape index (κ3) is 3.14. The Kier molecular flexibility index (Phi) is 4.31. The van der Waals surface area contributed by atoms with Gasteiger partial charge in [-0.2, -0.15) is 0 Å². The summed E-state index contributed by atoms with van der Waals surface area (Å²) in [6.07, 6.45) is 4.99. The molecule has 0 aliphatic carbocycles. The minimum absolute atomic E-state index is 0.0526. The van der Waals surface area contributed by atoms with Crippen molar-refractivity contribution in [3.63, 3.8) is 0 Å². The Labute approximate surface area is 129 Å². The Morgan fingerprint density at radius 3 is 2.62 bits per heavy atom. The summed E-state index contributed by atoms with van der Waals surface area (Å²) in [4.78, 5) is 15.2. The number of hydrogen-bond donors (Lipinski definition) is 0. The average Bonchev–Trinajstić information content (AvgIpc) is 3.01. The lowest BCUT2D eigenvalue weighted by Gasteiger charge is -2.39. The van der Waals surface area contributed by atoms with Crippen LogP contribution in [0.3, 0.4) is 0 Å². The van der Waals surface area contributed by atoms with E-state index in [1.807, 2.05) is 0 Å². The van der Waals surface area contributed by atoms with Crippen LogP contribution >= 0.6 is 11.6 Å². The lowest BCUT2D eigenvalue weighted by atomic mass is 10.0. The van der Waals surface area contributed by atoms with E-state index in [0.717, 1.165) is 25.2 Å². The van der Waals surface area contributed by atoms with Gasteiger partial charge in [-0.15, -0.1) is 0 Å². The van der Waals surface area contributed by atoms with Crippen LogP contribution in [0.1, 0.15) is 25.7 Å². The van der Waals surface area contributed by atoms with E-state index in [1.165, 1.54) is 38.4 Å². The molecule has 21 heavy (non-hydrogen) atoms. The van der Waals surface area contributed by atoms with Crippen LogP contribution in [0.25, 0.3) is 0 Å². The van der Waals surface area contributed by atoms with E-state index >= 15 is 0 Å². The fourth-order valence-electron chi connectivity index (χ4n) is 3.44. The average molecular weight is 310 g/mol. The molecule has 5 nitrogen and oxygen atoms in total. The van der Waals surface area contributed by atoms with Crippen molar-refractivity contribution in [2.45, 2.75) is 31.7 Å². The Hall–Kier alpha value is -1.33. The first kappa shape index (κ1) is 14.6. The van der Waals surface area contributed by atoms with Crippen molar-refractivity contribution in [3.8, 4) is 0 Å². The maximum absolute atomic E-state index is 10.8. The summed E-state index contributed by atoms with van der Waals surface area (Å²) in [5, 5.41) is 11.3. The molecule has 2 aliphatic heterocycles. The zero-order valence-corrected chi connectivity index (χ0v) is 12.8. The molecular formula is C15H20ClN3O2. The standard InChI is InChI=1S/C15H20ClN3O2/c16-14-10-12(19(20)21)5-6-15(14)18-9-3-4-13(11-18)17-7-1-2-8-17/h5-6,10,13H,1-4,7-9,11H2/t13-/m0/s1. The molecule has 3 rings (SSSR count). The van der Waals surface area contributed by atoms with E-state index in [0.29, 0.717) is 11.1 Å². The Morgan fingerprint density at radius 1 is 1.19 bits per heavy atom. The van der Waals surface area contributed by atoms with Crippen LogP contribution in [0.2, 0.25) is 5.02 Å². The number of nitrogens with zero attached hydrogens (tertiary/aromatic N) is 3. The number of anilines is 1. The Balaban J connectivity index is 1.75. The van der Waals surface area contributed by atoms with E-state index in [2.05, 4.69) is 9.80 Å². The molecule has 114 valence electrons. The topological polar surface area (TPSA) is 49.6 Å². The van der Waals surface area contributed by atoms with E-state index in [-0.39, 0.29) is 5.69 Å². The number of rotatable bonds is 3. The normalized spacial score (nSPS) is 23.5. The molecule has 1 aromatic carbocycles. The van der Waals surface area contributed by atoms with Gasteiger partial charge in [-0.05, 0) is 44.8 Å². The summed E-state index contributed by atoms with van der Waals surface area (Å²) in [7, 11) is 0. The molecule has 2 aliphatic rings. The zero-order valence-electron chi connectivity index (χ0n) is 12.0. The number of halogens is 1. The lowest BCUT2D eigenvalue weighted by molar-refractivity contribution is -0.384. The van der Waals surface area contributed by atoms with Crippen LogP contribution in [0.5, 0.6) is 0 Å². The van der Waals surface area contributed by atoms with Gasteiger partial charge in [0.25, 0.3) is 5.69 Å². The predicted molar refractivity (Wildman–Crippen MR) is 84.1 cm³/mol. The number of piperidine rings is 1. The summed E-state index contributed by atoms with van der Waals surface area (Å²) >= 11 is 6.25. The molecule has 6 heteroatoms.